The van der Waals surface area contributed by atoms with E-state index in [4.69, 9.17) is 0 Å². The minimum absolute atomic E-state index is 0.0277. The van der Waals surface area contributed by atoms with Gasteiger partial charge in [-0.25, -0.2) is 4.98 Å². The lowest BCUT2D eigenvalue weighted by Crippen LogP contribution is -2.29. The fourth-order valence-electron chi connectivity index (χ4n) is 2.19. The van der Waals surface area contributed by atoms with Crippen molar-refractivity contribution in [2.45, 2.75) is 32.7 Å². The van der Waals surface area contributed by atoms with Gasteiger partial charge in [-0.3, -0.25) is 9.59 Å². The monoisotopic (exact) mass is 286 g/mol. The summed E-state index contributed by atoms with van der Waals surface area (Å²) in [5.41, 5.74) is 1.79. The SMILES string of the molecule is CC(C)NC(=O)c1c[nH]c2ncc(NC(=O)C3CC3)cc12. The molecule has 6 heteroatoms. The van der Waals surface area contributed by atoms with Crippen molar-refractivity contribution in [3.05, 3.63) is 24.0 Å². The number of rotatable bonds is 4. The lowest BCUT2D eigenvalue weighted by Gasteiger charge is -2.08. The Morgan fingerprint density at radius 3 is 2.81 bits per heavy atom. The number of anilines is 1. The molecule has 0 spiro atoms. The third kappa shape index (κ3) is 2.89. The van der Waals surface area contributed by atoms with Crippen molar-refractivity contribution >= 4 is 28.5 Å². The van der Waals surface area contributed by atoms with Crippen LogP contribution in [0.3, 0.4) is 0 Å². The molecule has 2 aromatic heterocycles. The van der Waals surface area contributed by atoms with Gasteiger partial charge in [0.15, 0.2) is 0 Å². The van der Waals surface area contributed by atoms with E-state index in [1.165, 1.54) is 0 Å². The predicted molar refractivity (Wildman–Crippen MR) is 80.0 cm³/mol. The number of hydrogen-bond acceptors (Lipinski definition) is 3. The molecular formula is C15H18N4O2. The molecule has 1 aliphatic rings. The summed E-state index contributed by atoms with van der Waals surface area (Å²) in [6.07, 6.45) is 5.15. The molecule has 110 valence electrons. The summed E-state index contributed by atoms with van der Waals surface area (Å²) in [5, 5.41) is 6.41. The van der Waals surface area contributed by atoms with Gasteiger partial charge in [-0.05, 0) is 32.8 Å². The van der Waals surface area contributed by atoms with Crippen molar-refractivity contribution in [3.8, 4) is 0 Å². The fourth-order valence-corrected chi connectivity index (χ4v) is 2.19. The molecule has 6 nitrogen and oxygen atoms in total. The summed E-state index contributed by atoms with van der Waals surface area (Å²) in [4.78, 5) is 31.1. The molecule has 21 heavy (non-hydrogen) atoms. The van der Waals surface area contributed by atoms with Gasteiger partial charge in [0, 0.05) is 23.5 Å². The number of fused-ring (bicyclic) bond motifs is 1. The van der Waals surface area contributed by atoms with E-state index in [0.717, 1.165) is 12.8 Å². The zero-order valence-corrected chi connectivity index (χ0v) is 12.1. The predicted octanol–water partition coefficient (Wildman–Crippen LogP) is 2.05. The Morgan fingerprint density at radius 2 is 2.14 bits per heavy atom. The summed E-state index contributed by atoms with van der Waals surface area (Å²) in [6, 6.07) is 1.85. The Kier molecular flexibility index (Phi) is 3.37. The van der Waals surface area contributed by atoms with Gasteiger partial charge >= 0.3 is 0 Å². The second-order valence-electron chi connectivity index (χ2n) is 5.71. The van der Waals surface area contributed by atoms with Gasteiger partial charge < -0.3 is 15.6 Å². The largest absolute Gasteiger partial charge is 0.350 e. The van der Waals surface area contributed by atoms with Gasteiger partial charge in [0.25, 0.3) is 5.91 Å². The van der Waals surface area contributed by atoms with Crippen molar-refractivity contribution in [3.63, 3.8) is 0 Å². The molecule has 1 saturated carbocycles. The number of pyridine rings is 1. The third-order valence-corrected chi connectivity index (χ3v) is 3.41. The summed E-state index contributed by atoms with van der Waals surface area (Å²) in [7, 11) is 0. The molecule has 0 bridgehead atoms. The molecule has 1 aliphatic carbocycles. The van der Waals surface area contributed by atoms with Crippen LogP contribution in [-0.2, 0) is 4.79 Å². The summed E-state index contributed by atoms with van der Waals surface area (Å²) in [5.74, 6) is 0.0132. The fraction of sp³-hybridized carbons (Fsp3) is 0.400. The maximum atomic E-state index is 12.1. The number of nitrogens with zero attached hydrogens (tertiary/aromatic N) is 1. The molecule has 1 fully saturated rings. The topological polar surface area (TPSA) is 86.9 Å². The Hall–Kier alpha value is -2.37. The molecule has 2 heterocycles. The first kappa shape index (κ1) is 13.6. The smallest absolute Gasteiger partial charge is 0.253 e. The summed E-state index contributed by atoms with van der Waals surface area (Å²) >= 11 is 0. The normalized spacial score (nSPS) is 14.4. The van der Waals surface area contributed by atoms with E-state index in [0.29, 0.717) is 22.3 Å². The molecule has 0 saturated heterocycles. The average Bonchev–Trinajstić information content (AvgIpc) is 3.18. The number of carbonyl (C=O) groups is 2. The Bertz CT molecular complexity index is 701. The van der Waals surface area contributed by atoms with Gasteiger partial charge in [-0.2, -0.15) is 0 Å². The average molecular weight is 286 g/mol. The van der Waals surface area contributed by atoms with Gasteiger partial charge in [0.1, 0.15) is 5.65 Å². The van der Waals surface area contributed by atoms with E-state index in [1.807, 2.05) is 13.8 Å². The first-order valence-electron chi connectivity index (χ1n) is 7.13. The van der Waals surface area contributed by atoms with E-state index in [9.17, 15) is 9.59 Å². The summed E-state index contributed by atoms with van der Waals surface area (Å²) < 4.78 is 0. The van der Waals surface area contributed by atoms with Crippen LogP contribution in [0.25, 0.3) is 11.0 Å². The minimum atomic E-state index is -0.149. The third-order valence-electron chi connectivity index (χ3n) is 3.41. The van der Waals surface area contributed by atoms with Crippen LogP contribution in [0.1, 0.15) is 37.0 Å². The Labute approximate surface area is 122 Å². The highest BCUT2D eigenvalue weighted by Gasteiger charge is 2.29. The molecule has 3 N–H and O–H groups in total. The highest BCUT2D eigenvalue weighted by molar-refractivity contribution is 6.07. The molecule has 0 radical (unpaired) electrons. The zero-order valence-electron chi connectivity index (χ0n) is 12.1. The maximum absolute atomic E-state index is 12.1. The second kappa shape index (κ2) is 5.20. The first-order chi connectivity index (χ1) is 10.0. The van der Waals surface area contributed by atoms with Crippen LogP contribution in [0, 0.1) is 5.92 Å². The number of H-pyrrole nitrogens is 1. The van der Waals surface area contributed by atoms with E-state index in [2.05, 4.69) is 20.6 Å². The van der Waals surface area contributed by atoms with Crippen molar-refractivity contribution in [1.82, 2.24) is 15.3 Å². The van der Waals surface area contributed by atoms with E-state index in [1.54, 1.807) is 18.5 Å². The van der Waals surface area contributed by atoms with E-state index in [-0.39, 0.29) is 23.8 Å². The highest BCUT2D eigenvalue weighted by atomic mass is 16.2. The molecule has 3 rings (SSSR count). The Balaban J connectivity index is 1.88. The standard InChI is InChI=1S/C15H18N4O2/c1-8(2)18-15(21)12-7-17-13-11(12)5-10(6-16-13)19-14(20)9-3-4-9/h5-9H,3-4H2,1-2H3,(H,16,17)(H,18,21)(H,19,20). The van der Waals surface area contributed by atoms with Crippen molar-refractivity contribution < 1.29 is 9.59 Å². The minimum Gasteiger partial charge on any atom is -0.350 e. The van der Waals surface area contributed by atoms with Crippen LogP contribution in [0.2, 0.25) is 0 Å². The van der Waals surface area contributed by atoms with Crippen LogP contribution >= 0.6 is 0 Å². The number of aromatic nitrogens is 2. The van der Waals surface area contributed by atoms with Gasteiger partial charge in [-0.1, -0.05) is 0 Å². The molecule has 0 aliphatic heterocycles. The molecule has 0 unspecified atom stereocenters. The number of nitrogens with one attached hydrogen (secondary N) is 3. The molecule has 2 aromatic rings. The maximum Gasteiger partial charge on any atom is 0.253 e. The lowest BCUT2D eigenvalue weighted by atomic mass is 10.2. The number of amides is 2. The molecular weight excluding hydrogens is 268 g/mol. The van der Waals surface area contributed by atoms with E-state index < -0.39 is 0 Å². The highest BCUT2D eigenvalue weighted by Crippen LogP contribution is 2.30. The molecule has 0 aromatic carbocycles. The van der Waals surface area contributed by atoms with Crippen LogP contribution in [0.15, 0.2) is 18.5 Å². The van der Waals surface area contributed by atoms with Crippen LogP contribution in [-0.4, -0.2) is 27.8 Å². The van der Waals surface area contributed by atoms with Crippen LogP contribution < -0.4 is 10.6 Å². The number of hydrogen-bond donors (Lipinski definition) is 3. The molecule has 2 amide bonds. The van der Waals surface area contributed by atoms with E-state index >= 15 is 0 Å². The van der Waals surface area contributed by atoms with Crippen LogP contribution in [0.5, 0.6) is 0 Å². The Morgan fingerprint density at radius 1 is 1.38 bits per heavy atom. The lowest BCUT2D eigenvalue weighted by molar-refractivity contribution is -0.117. The quantitative estimate of drug-likeness (QED) is 0.804. The van der Waals surface area contributed by atoms with Crippen LogP contribution in [0.4, 0.5) is 5.69 Å². The zero-order chi connectivity index (χ0) is 15.0. The van der Waals surface area contributed by atoms with Crippen molar-refractivity contribution in [1.29, 1.82) is 0 Å². The van der Waals surface area contributed by atoms with Crippen molar-refractivity contribution in [2.24, 2.45) is 5.92 Å². The van der Waals surface area contributed by atoms with Crippen molar-refractivity contribution in [2.75, 3.05) is 5.32 Å². The first-order valence-corrected chi connectivity index (χ1v) is 7.13. The number of carbonyl (C=O) groups excluding carboxylic acids is 2. The number of aromatic amines is 1. The van der Waals surface area contributed by atoms with Gasteiger partial charge in [-0.15, -0.1) is 0 Å². The summed E-state index contributed by atoms with van der Waals surface area (Å²) in [6.45, 7) is 3.82. The van der Waals surface area contributed by atoms with Gasteiger partial charge in [0.05, 0.1) is 17.4 Å². The second-order valence-corrected chi connectivity index (χ2v) is 5.71. The van der Waals surface area contributed by atoms with Gasteiger partial charge in [0.2, 0.25) is 5.91 Å². The molecule has 0 atom stereocenters.